The summed E-state index contributed by atoms with van der Waals surface area (Å²) in [6.07, 6.45) is -3.01. The molecule has 11 heteroatoms. The summed E-state index contributed by atoms with van der Waals surface area (Å²) in [7, 11) is -2.27. The van der Waals surface area contributed by atoms with E-state index in [0.717, 1.165) is 31.8 Å². The van der Waals surface area contributed by atoms with Crippen LogP contribution in [0.25, 0.3) is 50.0 Å². The van der Waals surface area contributed by atoms with Gasteiger partial charge in [0.1, 0.15) is 0 Å². The maximum atomic E-state index is 15.1. The van der Waals surface area contributed by atoms with Gasteiger partial charge in [0, 0.05) is 11.1 Å². The average Bonchev–Trinajstić information content (AvgIpc) is 3.43. The zero-order valence-electron chi connectivity index (χ0n) is 32.3. The fraction of sp³-hybridized carbons (Fsp3) is 0.357. The van der Waals surface area contributed by atoms with Gasteiger partial charge in [-0.3, -0.25) is 0 Å². The van der Waals surface area contributed by atoms with Crippen LogP contribution in [0.5, 0.6) is 11.5 Å². The van der Waals surface area contributed by atoms with Crippen molar-refractivity contribution in [1.29, 1.82) is 0 Å². The van der Waals surface area contributed by atoms with Crippen LogP contribution in [0.4, 0.5) is 13.2 Å². The number of imidazole rings is 1. The first kappa shape index (κ1) is 39.4. The van der Waals surface area contributed by atoms with Gasteiger partial charge in [0.25, 0.3) is 0 Å². The van der Waals surface area contributed by atoms with Crippen molar-refractivity contribution in [2.24, 2.45) is 0 Å². The number of nitrogens with zero attached hydrogens (tertiary/aromatic N) is 4. The maximum absolute atomic E-state index is 15.1. The van der Waals surface area contributed by atoms with E-state index in [4.69, 9.17) is 14.7 Å². The SMILES string of the molecule is CC(C)(C)c1cc(-c2[c-]c3c(nc(C(F)(F)F)n3-c3[c-]c4c(cc3)Oc3c[c]([Ge]([CH3])([CH3])[CH3])cc5ccnc-4c35)c([Si](C)(C)C)c2)nc(C(C)(C)C)c1.[Pt+2]. The van der Waals surface area contributed by atoms with Crippen molar-refractivity contribution in [2.45, 2.75) is 95.5 Å². The van der Waals surface area contributed by atoms with Crippen molar-refractivity contribution in [3.8, 4) is 39.7 Å². The molecule has 53 heavy (non-hydrogen) atoms. The normalized spacial score (nSPS) is 13.6. The summed E-state index contributed by atoms with van der Waals surface area (Å²) in [5.74, 6) is 7.18. The monoisotopic (exact) mass is 975 g/mol. The summed E-state index contributed by atoms with van der Waals surface area (Å²) in [4.78, 5) is 14.2. The first-order chi connectivity index (χ1) is 23.9. The molecule has 0 spiro atoms. The Morgan fingerprint density at radius 1 is 0.811 bits per heavy atom. The molecular weight excluding hydrogens is 929 g/mol. The minimum atomic E-state index is -4.76. The van der Waals surface area contributed by atoms with E-state index >= 15 is 13.2 Å². The third kappa shape index (κ3) is 7.18. The van der Waals surface area contributed by atoms with E-state index < -0.39 is 33.3 Å². The van der Waals surface area contributed by atoms with Gasteiger partial charge in [-0.15, -0.1) is 6.07 Å². The van der Waals surface area contributed by atoms with E-state index in [1.807, 2.05) is 18.2 Å². The summed E-state index contributed by atoms with van der Waals surface area (Å²) >= 11 is -2.23. The van der Waals surface area contributed by atoms with Gasteiger partial charge in [0.15, 0.2) is 0 Å². The molecule has 0 saturated heterocycles. The molecule has 5 nitrogen and oxygen atoms in total. The van der Waals surface area contributed by atoms with Crippen LogP contribution in [0.1, 0.15) is 58.6 Å². The zero-order valence-corrected chi connectivity index (χ0v) is 37.7. The van der Waals surface area contributed by atoms with E-state index in [1.54, 1.807) is 18.3 Å². The molecule has 0 amide bonds. The minimum absolute atomic E-state index is 0. The van der Waals surface area contributed by atoms with Crippen LogP contribution in [0.15, 0.2) is 54.7 Å². The average molecular weight is 975 g/mol. The molecular formula is C42H45F3GeN4OPtSi. The van der Waals surface area contributed by atoms with Crippen LogP contribution in [0.3, 0.4) is 0 Å². The Kier molecular flexibility index (Phi) is 9.60. The number of hydrogen-bond acceptors (Lipinski definition) is 4. The molecule has 0 fully saturated rings. The third-order valence-corrected chi connectivity index (χ3v) is 16.0. The summed E-state index contributed by atoms with van der Waals surface area (Å²) < 4.78 is 54.2. The Morgan fingerprint density at radius 2 is 1.51 bits per heavy atom. The zero-order chi connectivity index (χ0) is 37.9. The number of fused-ring (bicyclic) bond motifs is 3. The number of benzene rings is 3. The molecule has 3 aromatic carbocycles. The summed E-state index contributed by atoms with van der Waals surface area (Å²) in [5, 5.41) is 2.63. The molecule has 0 N–H and O–H groups in total. The number of alkyl halides is 3. The number of hydrogen-bond donors (Lipinski definition) is 0. The van der Waals surface area contributed by atoms with Gasteiger partial charge in [-0.25, -0.2) is 0 Å². The topological polar surface area (TPSA) is 52.8 Å². The predicted molar refractivity (Wildman–Crippen MR) is 211 cm³/mol. The molecule has 0 aliphatic carbocycles. The van der Waals surface area contributed by atoms with Gasteiger partial charge in [0.05, 0.1) is 8.07 Å². The second kappa shape index (κ2) is 12.9. The van der Waals surface area contributed by atoms with Crippen LogP contribution in [0.2, 0.25) is 36.9 Å². The minimum Gasteiger partial charge on any atom is -0.301 e. The van der Waals surface area contributed by atoms with E-state index in [9.17, 15) is 0 Å². The molecule has 0 saturated carbocycles. The molecule has 0 unspecified atom stereocenters. The van der Waals surface area contributed by atoms with Crippen molar-refractivity contribution < 1.29 is 39.0 Å². The van der Waals surface area contributed by atoms with Crippen molar-refractivity contribution in [2.75, 3.05) is 0 Å². The molecule has 0 bridgehead atoms. The first-order valence-corrected chi connectivity index (χ1v) is 28.5. The molecule has 6 aromatic rings. The first-order valence-electron chi connectivity index (χ1n) is 17.7. The van der Waals surface area contributed by atoms with E-state index in [2.05, 4.69) is 114 Å². The standard InChI is InChI=1S/C42H45F3GeN4OSi.Pt/c1-40(2,3)26-20-30(48-35(21-26)41(4,5)6)25-18-31-38(34(19-25)52(10,11)12)49-39(42(43,44)45)50(31)28-13-14-32-29(23-28)37-36-24(15-16-47-37)17-27(46(7,8)9)22-33(36)51-32;/h13-17,19-22H,1-12H3;/q-2;+2. The van der Waals surface area contributed by atoms with E-state index in [-0.39, 0.29) is 43.1 Å². The number of ether oxygens (including phenoxy) is 1. The molecule has 4 heterocycles. The predicted octanol–water partition coefficient (Wildman–Crippen LogP) is 10.7. The van der Waals surface area contributed by atoms with Crippen molar-refractivity contribution >= 4 is 52.7 Å². The van der Waals surface area contributed by atoms with E-state index in [1.165, 1.54) is 4.40 Å². The molecule has 7 rings (SSSR count). The number of pyridine rings is 2. The second-order valence-corrected chi connectivity index (χ2v) is 33.8. The van der Waals surface area contributed by atoms with Gasteiger partial charge >= 0.3 is 210 Å². The fourth-order valence-electron chi connectivity index (χ4n) is 6.68. The molecule has 0 radical (unpaired) electrons. The van der Waals surface area contributed by atoms with Crippen LogP contribution in [0, 0.1) is 12.1 Å². The van der Waals surface area contributed by atoms with Crippen LogP contribution in [-0.2, 0) is 38.1 Å². The summed E-state index contributed by atoms with van der Waals surface area (Å²) in [6.45, 7) is 19.2. The summed E-state index contributed by atoms with van der Waals surface area (Å²) in [5.41, 5.74) is 4.74. The Labute approximate surface area is 328 Å². The van der Waals surface area contributed by atoms with Crippen LogP contribution in [-0.4, -0.2) is 40.9 Å². The van der Waals surface area contributed by atoms with Crippen molar-refractivity contribution in [3.05, 3.63) is 83.9 Å². The van der Waals surface area contributed by atoms with Crippen molar-refractivity contribution in [1.82, 2.24) is 19.5 Å². The van der Waals surface area contributed by atoms with Gasteiger partial charge in [-0.1, -0.05) is 67.2 Å². The van der Waals surface area contributed by atoms with Gasteiger partial charge < -0.3 is 4.98 Å². The fourth-order valence-corrected chi connectivity index (χ4v) is 10.6. The smallest absolute Gasteiger partial charge is 0.301 e. The second-order valence-electron chi connectivity index (χ2n) is 18.1. The molecule has 1 aliphatic rings. The Balaban J connectivity index is 0.00000481. The molecule has 278 valence electrons. The molecule has 3 aromatic heterocycles. The number of halogens is 3. The van der Waals surface area contributed by atoms with Crippen LogP contribution >= 0.6 is 0 Å². The third-order valence-electron chi connectivity index (χ3n) is 9.75. The van der Waals surface area contributed by atoms with Crippen LogP contribution < -0.4 is 14.3 Å². The quantitative estimate of drug-likeness (QED) is 0.130. The van der Waals surface area contributed by atoms with Crippen molar-refractivity contribution in [3.63, 3.8) is 0 Å². The summed E-state index contributed by atoms with van der Waals surface area (Å²) in [6, 6.07) is 22.5. The van der Waals surface area contributed by atoms with Gasteiger partial charge in [0.2, 0.25) is 0 Å². The Hall–Kier alpha value is -3.27. The van der Waals surface area contributed by atoms with Gasteiger partial charge in [-0.2, -0.15) is 0 Å². The molecule has 1 aliphatic heterocycles. The Bertz CT molecular complexity index is 2400. The van der Waals surface area contributed by atoms with E-state index in [0.29, 0.717) is 39.5 Å². The number of rotatable bonds is 4. The Morgan fingerprint density at radius 3 is 2.11 bits per heavy atom. The number of aromatic nitrogens is 4. The van der Waals surface area contributed by atoms with Gasteiger partial charge in [-0.05, 0) is 22.7 Å². The molecule has 0 atom stereocenters.